The first kappa shape index (κ1) is 19.5. The average Bonchev–Trinajstić information content (AvgIpc) is 2.50. The highest BCUT2D eigenvalue weighted by Crippen LogP contribution is 2.41. The third kappa shape index (κ3) is 4.42. The molecule has 5 heteroatoms. The van der Waals surface area contributed by atoms with Crippen molar-refractivity contribution < 1.29 is 4.84 Å². The second-order valence-corrected chi connectivity index (χ2v) is 8.79. The molecule has 0 amide bonds. The summed E-state index contributed by atoms with van der Waals surface area (Å²) in [5.74, 6) is 0.649. The molecule has 0 aromatic heterocycles. The normalized spacial score (nSPS) is 26.5. The second-order valence-electron chi connectivity index (χ2n) is 8.79. The van der Waals surface area contributed by atoms with E-state index in [1.807, 2.05) is 6.92 Å². The summed E-state index contributed by atoms with van der Waals surface area (Å²) in [4.78, 5) is 13.1. The van der Waals surface area contributed by atoms with Gasteiger partial charge in [0.2, 0.25) is 0 Å². The van der Waals surface area contributed by atoms with Crippen LogP contribution in [0.3, 0.4) is 0 Å². The van der Waals surface area contributed by atoms with Gasteiger partial charge in [-0.15, -0.1) is 0 Å². The van der Waals surface area contributed by atoms with Crippen LogP contribution in [0, 0.1) is 0 Å². The molecule has 0 aromatic carbocycles. The van der Waals surface area contributed by atoms with E-state index < -0.39 is 0 Å². The van der Waals surface area contributed by atoms with Gasteiger partial charge in [0, 0.05) is 30.7 Å². The van der Waals surface area contributed by atoms with Crippen molar-refractivity contribution in [3.8, 4) is 0 Å². The van der Waals surface area contributed by atoms with Crippen molar-refractivity contribution in [2.24, 2.45) is 10.7 Å². The Morgan fingerprint density at radius 3 is 2.17 bits per heavy atom. The monoisotopic (exact) mass is 338 g/mol. The number of guanidine groups is 1. The Kier molecular flexibility index (Phi) is 6.19. The minimum atomic E-state index is -0.0232. The van der Waals surface area contributed by atoms with Gasteiger partial charge in [0.1, 0.15) is 0 Å². The zero-order chi connectivity index (χ0) is 18.0. The van der Waals surface area contributed by atoms with Crippen LogP contribution >= 0.6 is 0 Å². The maximum absolute atomic E-state index is 6.55. The fourth-order valence-electron chi connectivity index (χ4n) is 4.55. The average molecular weight is 339 g/mol. The number of hydrogen-bond acceptors (Lipinski definition) is 3. The van der Waals surface area contributed by atoms with Gasteiger partial charge in [-0.25, -0.2) is 0 Å². The topological polar surface area (TPSA) is 54.1 Å². The summed E-state index contributed by atoms with van der Waals surface area (Å²) >= 11 is 0. The molecule has 24 heavy (non-hydrogen) atoms. The molecule has 0 bridgehead atoms. The number of piperidine rings is 1. The van der Waals surface area contributed by atoms with Crippen molar-refractivity contribution in [2.45, 2.75) is 103 Å². The summed E-state index contributed by atoms with van der Waals surface area (Å²) in [6.45, 7) is 11.9. The lowest BCUT2D eigenvalue weighted by atomic mass is 9.78. The summed E-state index contributed by atoms with van der Waals surface area (Å²) in [6, 6.07) is 0.386. The molecule has 2 N–H and O–H groups in total. The summed E-state index contributed by atoms with van der Waals surface area (Å²) in [5.41, 5.74) is 6.10. The van der Waals surface area contributed by atoms with Gasteiger partial charge < -0.3 is 10.6 Å². The van der Waals surface area contributed by atoms with Crippen molar-refractivity contribution in [1.82, 2.24) is 9.96 Å². The lowest BCUT2D eigenvalue weighted by Gasteiger charge is -2.56. The molecule has 5 nitrogen and oxygen atoms in total. The number of rotatable bonds is 4. The lowest BCUT2D eigenvalue weighted by Crippen LogP contribution is -2.65. The molecule has 0 spiro atoms. The lowest BCUT2D eigenvalue weighted by molar-refractivity contribution is -0.312. The fourth-order valence-corrected chi connectivity index (χ4v) is 4.55. The highest BCUT2D eigenvalue weighted by molar-refractivity contribution is 5.78. The first-order valence-corrected chi connectivity index (χ1v) is 9.67. The fraction of sp³-hybridized carbons (Fsp3) is 0.947. The van der Waals surface area contributed by atoms with Gasteiger partial charge in [-0.1, -0.05) is 19.3 Å². The number of aliphatic imine (C=N–C) groups is 1. The zero-order valence-electron chi connectivity index (χ0n) is 16.6. The van der Waals surface area contributed by atoms with E-state index in [4.69, 9.17) is 10.6 Å². The Morgan fingerprint density at radius 1 is 1.12 bits per heavy atom. The molecule has 1 heterocycles. The van der Waals surface area contributed by atoms with Crippen LogP contribution in [0.25, 0.3) is 0 Å². The second kappa shape index (κ2) is 7.61. The molecule has 1 saturated carbocycles. The summed E-state index contributed by atoms with van der Waals surface area (Å²) in [5, 5.41) is 2.30. The standard InChI is InChI=1S/C19H38N4O/c1-7-21-17(20)22(6)15-13-18(2,3)23(19(4,5)14-15)24-16-11-9-8-10-12-16/h15-16H,7-14H2,1-6H3,(H2,20,21). The minimum absolute atomic E-state index is 0.0232. The predicted octanol–water partition coefficient (Wildman–Crippen LogP) is 3.54. The van der Waals surface area contributed by atoms with Gasteiger partial charge in [-0.05, 0) is 60.3 Å². The molecular weight excluding hydrogens is 300 g/mol. The van der Waals surface area contributed by atoms with E-state index in [-0.39, 0.29) is 11.1 Å². The van der Waals surface area contributed by atoms with E-state index in [0.29, 0.717) is 18.1 Å². The SMILES string of the molecule is CCN=C(N)N(C)C1CC(C)(C)N(OC2CCCCC2)C(C)(C)C1. The Morgan fingerprint density at radius 2 is 1.67 bits per heavy atom. The highest BCUT2D eigenvalue weighted by Gasteiger charge is 2.48. The molecule has 2 rings (SSSR count). The van der Waals surface area contributed by atoms with Crippen LogP contribution < -0.4 is 5.73 Å². The molecule has 0 atom stereocenters. The highest BCUT2D eigenvalue weighted by atomic mass is 16.7. The van der Waals surface area contributed by atoms with Crippen molar-refractivity contribution >= 4 is 5.96 Å². The van der Waals surface area contributed by atoms with Gasteiger partial charge in [-0.3, -0.25) is 9.83 Å². The van der Waals surface area contributed by atoms with Crippen LogP contribution in [0.4, 0.5) is 0 Å². The van der Waals surface area contributed by atoms with E-state index in [0.717, 1.165) is 19.4 Å². The first-order chi connectivity index (χ1) is 11.2. The van der Waals surface area contributed by atoms with Crippen LogP contribution in [-0.2, 0) is 4.84 Å². The molecule has 0 radical (unpaired) electrons. The third-order valence-electron chi connectivity index (χ3n) is 5.61. The number of hydrogen-bond donors (Lipinski definition) is 1. The summed E-state index contributed by atoms with van der Waals surface area (Å²) in [7, 11) is 2.07. The van der Waals surface area contributed by atoms with E-state index in [1.54, 1.807) is 0 Å². The number of nitrogens with two attached hydrogens (primary N) is 1. The Labute approximate surface area is 148 Å². The largest absolute Gasteiger partial charge is 0.370 e. The molecule has 1 aliphatic carbocycles. The van der Waals surface area contributed by atoms with Gasteiger partial charge in [0.25, 0.3) is 0 Å². The number of nitrogens with zero attached hydrogens (tertiary/aromatic N) is 3. The molecular formula is C19H38N4O. The Balaban J connectivity index is 2.11. The molecule has 2 aliphatic rings. The quantitative estimate of drug-likeness (QED) is 0.629. The van der Waals surface area contributed by atoms with E-state index >= 15 is 0 Å². The van der Waals surface area contributed by atoms with Gasteiger partial charge in [0.05, 0.1) is 6.10 Å². The molecule has 140 valence electrons. The third-order valence-corrected chi connectivity index (χ3v) is 5.61. The Hall–Kier alpha value is -0.810. The zero-order valence-corrected chi connectivity index (χ0v) is 16.6. The molecule has 1 saturated heterocycles. The maximum Gasteiger partial charge on any atom is 0.191 e. The minimum Gasteiger partial charge on any atom is -0.370 e. The van der Waals surface area contributed by atoms with Gasteiger partial charge >= 0.3 is 0 Å². The predicted molar refractivity (Wildman–Crippen MR) is 101 cm³/mol. The van der Waals surface area contributed by atoms with E-state index in [9.17, 15) is 0 Å². The smallest absolute Gasteiger partial charge is 0.191 e. The Bertz CT molecular complexity index is 423. The van der Waals surface area contributed by atoms with Crippen molar-refractivity contribution in [3.05, 3.63) is 0 Å². The van der Waals surface area contributed by atoms with E-state index in [2.05, 4.69) is 49.7 Å². The van der Waals surface area contributed by atoms with Gasteiger partial charge in [-0.2, -0.15) is 5.06 Å². The van der Waals surface area contributed by atoms with Crippen molar-refractivity contribution in [2.75, 3.05) is 13.6 Å². The van der Waals surface area contributed by atoms with Crippen LogP contribution in [0.15, 0.2) is 4.99 Å². The molecule has 2 fully saturated rings. The van der Waals surface area contributed by atoms with Crippen LogP contribution in [0.5, 0.6) is 0 Å². The molecule has 0 unspecified atom stereocenters. The molecule has 1 aliphatic heterocycles. The number of hydroxylamine groups is 2. The van der Waals surface area contributed by atoms with E-state index in [1.165, 1.54) is 32.1 Å². The van der Waals surface area contributed by atoms with Crippen molar-refractivity contribution in [3.63, 3.8) is 0 Å². The summed E-state index contributed by atoms with van der Waals surface area (Å²) in [6.07, 6.45) is 8.79. The van der Waals surface area contributed by atoms with Crippen LogP contribution in [0.1, 0.15) is 79.6 Å². The molecule has 0 aromatic rings. The van der Waals surface area contributed by atoms with Gasteiger partial charge in [0.15, 0.2) is 5.96 Å². The summed E-state index contributed by atoms with van der Waals surface area (Å²) < 4.78 is 0. The van der Waals surface area contributed by atoms with Crippen LogP contribution in [-0.4, -0.2) is 52.7 Å². The first-order valence-electron chi connectivity index (χ1n) is 9.67. The maximum atomic E-state index is 6.55. The van der Waals surface area contributed by atoms with Crippen LogP contribution in [0.2, 0.25) is 0 Å². The van der Waals surface area contributed by atoms with Crippen molar-refractivity contribution in [1.29, 1.82) is 0 Å².